The summed E-state index contributed by atoms with van der Waals surface area (Å²) in [6.45, 7) is 2.22. The highest BCUT2D eigenvalue weighted by Crippen LogP contribution is 2.34. The topological polar surface area (TPSA) is 50.1 Å². The molecule has 1 fully saturated rings. The van der Waals surface area contributed by atoms with Gasteiger partial charge in [0.2, 0.25) is 0 Å². The van der Waals surface area contributed by atoms with Gasteiger partial charge in [-0.05, 0) is 45.7 Å². The van der Waals surface area contributed by atoms with Gasteiger partial charge in [-0.1, -0.05) is 0 Å². The molecule has 2 atom stereocenters. The van der Waals surface area contributed by atoms with Crippen molar-refractivity contribution in [1.29, 1.82) is 0 Å². The van der Waals surface area contributed by atoms with Crippen molar-refractivity contribution in [2.75, 3.05) is 13.7 Å². The van der Waals surface area contributed by atoms with Crippen molar-refractivity contribution in [2.45, 2.75) is 44.2 Å². The number of likely N-dealkylation sites (N-methyl/N-ethyl adjacent to an activating group) is 1. The lowest BCUT2D eigenvalue weighted by atomic mass is 9.79. The van der Waals surface area contributed by atoms with Crippen molar-refractivity contribution in [3.8, 4) is 0 Å². The van der Waals surface area contributed by atoms with Gasteiger partial charge in [0.05, 0.1) is 18.3 Å². The molecule has 1 aromatic rings. The summed E-state index contributed by atoms with van der Waals surface area (Å²) in [5, 5.41) is 17.3. The van der Waals surface area contributed by atoms with Crippen LogP contribution in [0.1, 0.15) is 37.4 Å². The minimum absolute atomic E-state index is 0.108. The number of aliphatic hydroxyl groups excluding tert-OH is 1. The number of aryl methyl sites for hydroxylation is 1. The number of nitrogens with zero attached hydrogens (tertiary/aromatic N) is 2. The average Bonchev–Trinajstić information content (AvgIpc) is 2.76. The number of rotatable bonds is 3. The lowest BCUT2D eigenvalue weighted by molar-refractivity contribution is 0.101. The highest BCUT2D eigenvalue weighted by molar-refractivity contribution is 4.99. The Labute approximate surface area is 96.7 Å². The second-order valence-electron chi connectivity index (χ2n) is 4.88. The van der Waals surface area contributed by atoms with Gasteiger partial charge in [0.25, 0.3) is 0 Å². The Kier molecular flexibility index (Phi) is 3.30. The van der Waals surface area contributed by atoms with Gasteiger partial charge >= 0.3 is 0 Å². The van der Waals surface area contributed by atoms with Crippen LogP contribution in [0.15, 0.2) is 12.3 Å². The maximum Gasteiger partial charge on any atom is 0.0614 e. The minimum atomic E-state index is -0.108. The van der Waals surface area contributed by atoms with E-state index in [1.54, 1.807) is 0 Å². The maximum absolute atomic E-state index is 9.52. The highest BCUT2D eigenvalue weighted by atomic mass is 16.3. The first-order valence-corrected chi connectivity index (χ1v) is 6.01. The molecule has 4 heteroatoms. The Morgan fingerprint density at radius 2 is 2.50 bits per heavy atom. The first kappa shape index (κ1) is 11.6. The molecule has 1 aromatic heterocycles. The van der Waals surface area contributed by atoms with Gasteiger partial charge in [0.15, 0.2) is 0 Å². The maximum atomic E-state index is 9.52. The second-order valence-corrected chi connectivity index (χ2v) is 4.88. The van der Waals surface area contributed by atoms with Crippen molar-refractivity contribution in [2.24, 2.45) is 0 Å². The third-order valence-corrected chi connectivity index (χ3v) is 3.77. The van der Waals surface area contributed by atoms with E-state index in [0.717, 1.165) is 31.4 Å². The molecule has 2 N–H and O–H groups in total. The largest absolute Gasteiger partial charge is 0.394 e. The fourth-order valence-corrected chi connectivity index (χ4v) is 2.64. The van der Waals surface area contributed by atoms with Crippen molar-refractivity contribution < 1.29 is 5.11 Å². The first-order valence-electron chi connectivity index (χ1n) is 6.01. The van der Waals surface area contributed by atoms with Crippen molar-refractivity contribution in [1.82, 2.24) is 15.1 Å². The molecule has 90 valence electrons. The van der Waals surface area contributed by atoms with Gasteiger partial charge in [-0.25, -0.2) is 0 Å². The number of aliphatic hydroxyl groups is 1. The summed E-state index contributed by atoms with van der Waals surface area (Å²) in [4.78, 5) is 0. The summed E-state index contributed by atoms with van der Waals surface area (Å²) in [5.74, 6) is 0. The van der Waals surface area contributed by atoms with Crippen LogP contribution in [0.2, 0.25) is 0 Å². The molecule has 1 heterocycles. The summed E-state index contributed by atoms with van der Waals surface area (Å²) in [6.07, 6.45) is 6.36. The Balaban J connectivity index is 2.12. The molecular weight excluding hydrogens is 202 g/mol. The summed E-state index contributed by atoms with van der Waals surface area (Å²) in [7, 11) is 1.94. The highest BCUT2D eigenvalue weighted by Gasteiger charge is 2.35. The summed E-state index contributed by atoms with van der Waals surface area (Å²) < 4.78 is 2.05. The Morgan fingerprint density at radius 3 is 3.06 bits per heavy atom. The molecule has 1 aliphatic rings. The number of hydrogen-bond donors (Lipinski definition) is 2. The summed E-state index contributed by atoms with van der Waals surface area (Å²) in [5.41, 5.74) is 0.951. The van der Waals surface area contributed by atoms with Gasteiger partial charge in [0.1, 0.15) is 0 Å². The molecule has 2 unspecified atom stereocenters. The summed E-state index contributed by atoms with van der Waals surface area (Å²) >= 11 is 0. The molecule has 16 heavy (non-hydrogen) atoms. The number of aromatic nitrogens is 2. The minimum Gasteiger partial charge on any atom is -0.394 e. The van der Waals surface area contributed by atoms with E-state index in [1.165, 1.54) is 0 Å². The zero-order chi connectivity index (χ0) is 11.6. The SMILES string of the molecule is CNC1(CO)CCCC(n2ccc(C)n2)C1. The van der Waals surface area contributed by atoms with E-state index in [-0.39, 0.29) is 12.1 Å². The molecule has 1 saturated carbocycles. The zero-order valence-electron chi connectivity index (χ0n) is 10.1. The van der Waals surface area contributed by atoms with E-state index in [9.17, 15) is 5.11 Å². The molecule has 0 amide bonds. The van der Waals surface area contributed by atoms with Crippen LogP contribution >= 0.6 is 0 Å². The van der Waals surface area contributed by atoms with Gasteiger partial charge in [0, 0.05) is 11.7 Å². The number of hydrogen-bond acceptors (Lipinski definition) is 3. The smallest absolute Gasteiger partial charge is 0.0614 e. The normalized spacial score (nSPS) is 30.6. The van der Waals surface area contributed by atoms with Crippen LogP contribution in [-0.2, 0) is 0 Å². The van der Waals surface area contributed by atoms with Gasteiger partial charge in [-0.3, -0.25) is 4.68 Å². The fourth-order valence-electron chi connectivity index (χ4n) is 2.64. The lowest BCUT2D eigenvalue weighted by Gasteiger charge is -2.39. The van der Waals surface area contributed by atoms with Crippen LogP contribution in [0.5, 0.6) is 0 Å². The van der Waals surface area contributed by atoms with Crippen LogP contribution in [0.4, 0.5) is 0 Å². The van der Waals surface area contributed by atoms with E-state index in [2.05, 4.69) is 15.1 Å². The lowest BCUT2D eigenvalue weighted by Crippen LogP contribution is -2.50. The molecule has 4 nitrogen and oxygen atoms in total. The molecule has 1 aliphatic carbocycles. The Bertz CT molecular complexity index is 344. The standard InChI is InChI=1S/C12H21N3O/c1-10-5-7-15(14-10)11-4-3-6-12(8-11,9-16)13-2/h5,7,11,13,16H,3-4,6,8-9H2,1-2H3. The van der Waals surface area contributed by atoms with E-state index in [1.807, 2.05) is 26.2 Å². The van der Waals surface area contributed by atoms with E-state index >= 15 is 0 Å². The first-order chi connectivity index (χ1) is 7.69. The van der Waals surface area contributed by atoms with Crippen LogP contribution < -0.4 is 5.32 Å². The molecule has 0 aromatic carbocycles. The zero-order valence-corrected chi connectivity index (χ0v) is 10.1. The third kappa shape index (κ3) is 2.13. The molecule has 0 spiro atoms. The van der Waals surface area contributed by atoms with Crippen LogP contribution in [-0.4, -0.2) is 34.1 Å². The molecular formula is C12H21N3O. The second kappa shape index (κ2) is 4.55. The molecule has 0 aliphatic heterocycles. The van der Waals surface area contributed by atoms with Crippen LogP contribution in [0.3, 0.4) is 0 Å². The quantitative estimate of drug-likeness (QED) is 0.811. The van der Waals surface area contributed by atoms with E-state index in [4.69, 9.17) is 0 Å². The van der Waals surface area contributed by atoms with Crippen LogP contribution in [0, 0.1) is 6.92 Å². The van der Waals surface area contributed by atoms with Gasteiger partial charge in [-0.2, -0.15) is 5.10 Å². The third-order valence-electron chi connectivity index (χ3n) is 3.77. The average molecular weight is 223 g/mol. The van der Waals surface area contributed by atoms with Gasteiger partial charge < -0.3 is 10.4 Å². The van der Waals surface area contributed by atoms with Gasteiger partial charge in [-0.15, -0.1) is 0 Å². The van der Waals surface area contributed by atoms with Crippen molar-refractivity contribution in [3.63, 3.8) is 0 Å². The molecule has 0 radical (unpaired) electrons. The monoisotopic (exact) mass is 223 g/mol. The molecule has 2 rings (SSSR count). The summed E-state index contributed by atoms with van der Waals surface area (Å²) in [6, 6.07) is 2.45. The van der Waals surface area contributed by atoms with Crippen LogP contribution in [0.25, 0.3) is 0 Å². The van der Waals surface area contributed by atoms with E-state index < -0.39 is 0 Å². The predicted octanol–water partition coefficient (Wildman–Crippen LogP) is 1.26. The van der Waals surface area contributed by atoms with E-state index in [0.29, 0.717) is 6.04 Å². The molecule has 0 bridgehead atoms. The molecule has 0 saturated heterocycles. The Morgan fingerprint density at radius 1 is 1.69 bits per heavy atom. The Hall–Kier alpha value is -0.870. The van der Waals surface area contributed by atoms with Crippen molar-refractivity contribution in [3.05, 3.63) is 18.0 Å². The fraction of sp³-hybridized carbons (Fsp3) is 0.750. The predicted molar refractivity (Wildman–Crippen MR) is 63.3 cm³/mol. The number of nitrogens with one attached hydrogen (secondary N) is 1. The van der Waals surface area contributed by atoms with Crippen molar-refractivity contribution >= 4 is 0 Å².